The first-order valence-corrected chi connectivity index (χ1v) is 9.11. The van der Waals surface area contributed by atoms with Crippen LogP contribution in [0.1, 0.15) is 11.1 Å². The quantitative estimate of drug-likeness (QED) is 0.663. The van der Waals surface area contributed by atoms with Gasteiger partial charge in [0.15, 0.2) is 11.5 Å². The Labute approximate surface area is 169 Å². The first-order chi connectivity index (χ1) is 14.1. The third-order valence-electron chi connectivity index (χ3n) is 4.76. The van der Waals surface area contributed by atoms with E-state index in [1.54, 1.807) is 33.5 Å². The van der Waals surface area contributed by atoms with Gasteiger partial charge in [0.05, 0.1) is 34.5 Å². The van der Waals surface area contributed by atoms with Crippen LogP contribution >= 0.6 is 0 Å². The Hall–Kier alpha value is -3.03. The van der Waals surface area contributed by atoms with Crippen LogP contribution in [-0.2, 0) is 4.74 Å². The maximum absolute atomic E-state index is 9.67. The second-order valence-corrected chi connectivity index (χ2v) is 6.62. The maximum atomic E-state index is 9.67. The first-order valence-electron chi connectivity index (χ1n) is 9.11. The number of hydrogen-bond acceptors (Lipinski definition) is 7. The molecule has 0 spiro atoms. The lowest BCUT2D eigenvalue weighted by atomic mass is 10.0. The van der Waals surface area contributed by atoms with Crippen molar-refractivity contribution < 1.29 is 29.2 Å². The van der Waals surface area contributed by atoms with E-state index in [9.17, 15) is 10.2 Å². The second-order valence-electron chi connectivity index (χ2n) is 6.62. The number of methoxy groups -OCH3 is 3. The van der Waals surface area contributed by atoms with Crippen LogP contribution in [0.25, 0.3) is 11.6 Å². The minimum Gasteiger partial charge on any atom is -0.496 e. The van der Waals surface area contributed by atoms with E-state index in [0.29, 0.717) is 28.7 Å². The standard InChI is InChI=1S/C22H25NO6/c1-26-18-11-20(28-3)19(27-2)10-16(18)9-17(15-7-5-4-6-8-15)21-23-22(12-24,13-25)14-29-21/h4-11,24-25H,12-14H2,1-3H3/b17-9-. The van der Waals surface area contributed by atoms with Gasteiger partial charge in [0.2, 0.25) is 5.90 Å². The maximum Gasteiger partial charge on any atom is 0.217 e. The Bertz CT molecular complexity index is 903. The minimum absolute atomic E-state index is 0.0998. The molecule has 1 heterocycles. The Balaban J connectivity index is 2.17. The summed E-state index contributed by atoms with van der Waals surface area (Å²) in [6.07, 6.45) is 1.87. The van der Waals surface area contributed by atoms with Crippen molar-refractivity contribution in [3.63, 3.8) is 0 Å². The van der Waals surface area contributed by atoms with E-state index in [1.165, 1.54) is 0 Å². The summed E-state index contributed by atoms with van der Waals surface area (Å²) in [5.41, 5.74) is 1.25. The molecule has 0 amide bonds. The molecule has 7 heteroatoms. The predicted octanol–water partition coefficient (Wildman–Crippen LogP) is 2.41. The molecular formula is C22H25NO6. The van der Waals surface area contributed by atoms with Gasteiger partial charge in [0.1, 0.15) is 17.9 Å². The fourth-order valence-corrected chi connectivity index (χ4v) is 3.04. The average Bonchev–Trinajstić information content (AvgIpc) is 3.22. The lowest BCUT2D eigenvalue weighted by Crippen LogP contribution is -2.37. The van der Waals surface area contributed by atoms with Gasteiger partial charge in [-0.3, -0.25) is 0 Å². The van der Waals surface area contributed by atoms with Gasteiger partial charge in [-0.15, -0.1) is 0 Å². The topological polar surface area (TPSA) is 89.7 Å². The van der Waals surface area contributed by atoms with Crippen LogP contribution in [0.15, 0.2) is 47.5 Å². The molecule has 3 rings (SSSR count). The van der Waals surface area contributed by atoms with E-state index in [2.05, 4.69) is 4.99 Å². The largest absolute Gasteiger partial charge is 0.496 e. The van der Waals surface area contributed by atoms with Crippen molar-refractivity contribution in [2.75, 3.05) is 41.2 Å². The summed E-state index contributed by atoms with van der Waals surface area (Å²) in [4.78, 5) is 4.49. The smallest absolute Gasteiger partial charge is 0.217 e. The molecule has 0 saturated carbocycles. The van der Waals surface area contributed by atoms with E-state index >= 15 is 0 Å². The Morgan fingerprint density at radius 1 is 1.00 bits per heavy atom. The van der Waals surface area contributed by atoms with E-state index in [0.717, 1.165) is 11.1 Å². The normalized spacial score (nSPS) is 15.5. The van der Waals surface area contributed by atoms with E-state index in [1.807, 2.05) is 36.4 Å². The molecule has 0 radical (unpaired) electrons. The molecule has 2 aromatic carbocycles. The third-order valence-corrected chi connectivity index (χ3v) is 4.76. The fraction of sp³-hybridized carbons (Fsp3) is 0.318. The number of aliphatic hydroxyl groups excluding tert-OH is 2. The van der Waals surface area contributed by atoms with Crippen molar-refractivity contribution in [3.8, 4) is 17.2 Å². The van der Waals surface area contributed by atoms with Crippen LogP contribution in [0, 0.1) is 0 Å². The van der Waals surface area contributed by atoms with Crippen molar-refractivity contribution in [1.29, 1.82) is 0 Å². The molecular weight excluding hydrogens is 374 g/mol. The van der Waals surface area contributed by atoms with E-state index in [4.69, 9.17) is 18.9 Å². The molecule has 0 aromatic heterocycles. The van der Waals surface area contributed by atoms with Crippen molar-refractivity contribution in [2.45, 2.75) is 5.54 Å². The van der Waals surface area contributed by atoms with E-state index < -0.39 is 5.54 Å². The molecule has 0 fully saturated rings. The van der Waals surface area contributed by atoms with Gasteiger partial charge in [0, 0.05) is 17.2 Å². The summed E-state index contributed by atoms with van der Waals surface area (Å²) in [6, 6.07) is 13.2. The van der Waals surface area contributed by atoms with Gasteiger partial charge in [0.25, 0.3) is 0 Å². The fourth-order valence-electron chi connectivity index (χ4n) is 3.04. The van der Waals surface area contributed by atoms with Crippen molar-refractivity contribution in [3.05, 3.63) is 53.6 Å². The van der Waals surface area contributed by atoms with Crippen LogP contribution in [0.3, 0.4) is 0 Å². The third kappa shape index (κ3) is 4.21. The summed E-state index contributed by atoms with van der Waals surface area (Å²) in [5.74, 6) is 2.04. The minimum atomic E-state index is -1.05. The summed E-state index contributed by atoms with van der Waals surface area (Å²) < 4.78 is 22.1. The molecule has 0 bridgehead atoms. The SMILES string of the molecule is COc1cc(OC)c(OC)cc1/C=C(\C1=NC(CO)(CO)CO1)c1ccccc1. The number of aliphatic hydroxyl groups is 2. The zero-order chi connectivity index (χ0) is 20.9. The number of hydrogen-bond donors (Lipinski definition) is 2. The Kier molecular flexibility index (Phi) is 6.41. The first kappa shape index (κ1) is 20.7. The van der Waals surface area contributed by atoms with Crippen LogP contribution < -0.4 is 14.2 Å². The molecule has 29 heavy (non-hydrogen) atoms. The lowest BCUT2D eigenvalue weighted by Gasteiger charge is -2.16. The Morgan fingerprint density at radius 2 is 1.62 bits per heavy atom. The zero-order valence-electron chi connectivity index (χ0n) is 16.7. The highest BCUT2D eigenvalue weighted by Crippen LogP contribution is 2.37. The van der Waals surface area contributed by atoms with Gasteiger partial charge in [-0.25, -0.2) is 4.99 Å². The zero-order valence-corrected chi connectivity index (χ0v) is 16.7. The molecule has 0 saturated heterocycles. The number of ether oxygens (including phenoxy) is 4. The molecule has 0 unspecified atom stereocenters. The van der Waals surface area contributed by atoms with Crippen molar-refractivity contribution >= 4 is 17.5 Å². The molecule has 7 nitrogen and oxygen atoms in total. The molecule has 0 atom stereocenters. The molecule has 2 N–H and O–H groups in total. The number of rotatable bonds is 8. The average molecular weight is 399 g/mol. The second kappa shape index (κ2) is 8.98. The van der Waals surface area contributed by atoms with E-state index in [-0.39, 0.29) is 19.8 Å². The summed E-state index contributed by atoms with van der Waals surface area (Å²) in [6.45, 7) is -0.522. The number of aliphatic imine (C=N–C) groups is 1. The molecule has 0 aliphatic carbocycles. The van der Waals surface area contributed by atoms with Crippen molar-refractivity contribution in [2.24, 2.45) is 4.99 Å². The van der Waals surface area contributed by atoms with Crippen LogP contribution in [-0.4, -0.2) is 62.8 Å². The molecule has 1 aliphatic rings. The highest BCUT2D eigenvalue weighted by molar-refractivity contribution is 6.25. The van der Waals surface area contributed by atoms with Gasteiger partial charge in [-0.1, -0.05) is 30.3 Å². The molecule has 154 valence electrons. The van der Waals surface area contributed by atoms with Crippen LogP contribution in [0.4, 0.5) is 0 Å². The van der Waals surface area contributed by atoms with Gasteiger partial charge >= 0.3 is 0 Å². The highest BCUT2D eigenvalue weighted by atomic mass is 16.5. The van der Waals surface area contributed by atoms with Crippen molar-refractivity contribution in [1.82, 2.24) is 0 Å². The number of nitrogens with zero attached hydrogens (tertiary/aromatic N) is 1. The lowest BCUT2D eigenvalue weighted by molar-refractivity contribution is 0.0978. The predicted molar refractivity (Wildman–Crippen MR) is 111 cm³/mol. The molecule has 2 aromatic rings. The summed E-state index contributed by atoms with van der Waals surface area (Å²) in [7, 11) is 4.70. The summed E-state index contributed by atoms with van der Waals surface area (Å²) in [5, 5.41) is 19.3. The highest BCUT2D eigenvalue weighted by Gasteiger charge is 2.37. The van der Waals surface area contributed by atoms with Gasteiger partial charge < -0.3 is 29.2 Å². The molecule has 1 aliphatic heterocycles. The van der Waals surface area contributed by atoms with Crippen LogP contribution in [0.5, 0.6) is 17.2 Å². The monoisotopic (exact) mass is 399 g/mol. The number of benzene rings is 2. The van der Waals surface area contributed by atoms with Gasteiger partial charge in [-0.05, 0) is 17.7 Å². The Morgan fingerprint density at radius 3 is 2.17 bits per heavy atom. The van der Waals surface area contributed by atoms with Gasteiger partial charge in [-0.2, -0.15) is 0 Å². The summed E-state index contributed by atoms with van der Waals surface area (Å²) >= 11 is 0. The van der Waals surface area contributed by atoms with Crippen LogP contribution in [0.2, 0.25) is 0 Å².